The smallest absolute Gasteiger partial charge is 0.691 e. The van der Waals surface area contributed by atoms with Gasteiger partial charge in [-0.3, -0.25) is 9.83 Å². The number of anilines is 1. The Bertz CT molecular complexity index is 306. The van der Waals surface area contributed by atoms with Gasteiger partial charge in [-0.2, -0.15) is 4.33 Å². The van der Waals surface area contributed by atoms with E-state index in [0.717, 1.165) is 12.0 Å². The van der Waals surface area contributed by atoms with Crippen LogP contribution in [-0.4, -0.2) is 5.91 Å². The molecule has 76 valence electrons. The molecule has 0 radical (unpaired) electrons. The molecule has 0 aliphatic heterocycles. The van der Waals surface area contributed by atoms with Gasteiger partial charge in [0.15, 0.2) is 0 Å². The monoisotopic (exact) mass is 253 g/mol. The van der Waals surface area contributed by atoms with Gasteiger partial charge in [-0.05, 0) is 24.3 Å². The fraction of sp³-hybridized carbons (Fsp3) is 0.125. The van der Waals surface area contributed by atoms with Crippen molar-refractivity contribution in [2.75, 3.05) is 5.32 Å². The molecule has 5 nitrogen and oxygen atoms in total. The zero-order valence-corrected chi connectivity index (χ0v) is 12.3. The molecule has 0 aliphatic carbocycles. The van der Waals surface area contributed by atoms with Gasteiger partial charge in [0.25, 0.3) is 0 Å². The number of carbonyl (C=O) groups excluding carboxylic acids is 1. The summed E-state index contributed by atoms with van der Waals surface area (Å²) in [5, 5.41) is 15.3. The number of hydrogen-bond donors (Lipinski definition) is 1. The largest absolute Gasteiger partial charge is 1.00 e. The molecule has 1 aromatic rings. The van der Waals surface area contributed by atoms with Crippen LogP contribution in [0.25, 0.3) is 0 Å². The first-order valence-corrected chi connectivity index (χ1v) is 4.47. The molecule has 0 saturated heterocycles. The van der Waals surface area contributed by atoms with E-state index in [2.05, 4.69) is 14.7 Å². The zero-order valence-electron chi connectivity index (χ0n) is 8.35. The Morgan fingerprint density at radius 2 is 2.00 bits per heavy atom. The van der Waals surface area contributed by atoms with Crippen LogP contribution >= 0.6 is 12.0 Å². The van der Waals surface area contributed by atoms with Gasteiger partial charge in [0.1, 0.15) is 0 Å². The maximum Gasteiger partial charge on any atom is 1.00 e. The Morgan fingerprint density at radius 1 is 1.40 bits per heavy atom. The summed E-state index contributed by atoms with van der Waals surface area (Å²) in [5.41, 5.74) is 0.685. The third kappa shape index (κ3) is 6.66. The molecule has 0 aliphatic rings. The first kappa shape index (κ1) is 15.6. The second-order valence-corrected chi connectivity index (χ2v) is 3.20. The van der Waals surface area contributed by atoms with Crippen LogP contribution in [0.2, 0.25) is 0 Å². The Hall–Kier alpha value is 0.556. The number of benzene rings is 1. The van der Waals surface area contributed by atoms with Gasteiger partial charge in [0, 0.05) is 17.5 Å². The van der Waals surface area contributed by atoms with Crippen LogP contribution < -0.4 is 62.0 Å². The molecular weight excluding hydrogens is 245 g/mol. The fourth-order valence-corrected chi connectivity index (χ4v) is 1.20. The third-order valence-electron chi connectivity index (χ3n) is 1.33. The van der Waals surface area contributed by atoms with E-state index in [-0.39, 0.29) is 57.3 Å². The van der Waals surface area contributed by atoms with E-state index in [9.17, 15) is 10.1 Å². The standard InChI is InChI=1S/C8H9NO4S.K/c1-6(10)9-7-2-4-8(5-3-7)14-13-12-11;/h2-5,11H,1H3,(H,9,10);/q;+1/p-1. The van der Waals surface area contributed by atoms with Crippen LogP contribution in [0.5, 0.6) is 0 Å². The molecule has 1 aromatic carbocycles. The SMILES string of the molecule is CC(=O)Nc1ccc(SOO[O-])cc1.[K+]. The van der Waals surface area contributed by atoms with Crippen molar-refractivity contribution < 1.29 is 70.8 Å². The number of amides is 1. The van der Waals surface area contributed by atoms with E-state index < -0.39 is 0 Å². The van der Waals surface area contributed by atoms with Crippen molar-refractivity contribution in [2.24, 2.45) is 0 Å². The average molecular weight is 253 g/mol. The maximum atomic E-state index is 10.7. The van der Waals surface area contributed by atoms with Gasteiger partial charge in [-0.15, -0.1) is 0 Å². The van der Waals surface area contributed by atoms with E-state index in [4.69, 9.17) is 0 Å². The molecule has 0 atom stereocenters. The first-order chi connectivity index (χ1) is 6.72. The minimum Gasteiger partial charge on any atom is -0.691 e. The molecule has 0 unspecified atom stereocenters. The summed E-state index contributed by atoms with van der Waals surface area (Å²) in [5.74, 6) is -0.135. The van der Waals surface area contributed by atoms with Crippen LogP contribution in [0.4, 0.5) is 5.69 Å². The van der Waals surface area contributed by atoms with Crippen molar-refractivity contribution >= 4 is 23.6 Å². The average Bonchev–Trinajstić information content (AvgIpc) is 2.16. The Morgan fingerprint density at radius 3 is 2.47 bits per heavy atom. The molecule has 15 heavy (non-hydrogen) atoms. The van der Waals surface area contributed by atoms with Crippen LogP contribution in [0.1, 0.15) is 6.92 Å². The second kappa shape index (κ2) is 8.68. The molecule has 0 bridgehead atoms. The van der Waals surface area contributed by atoms with Gasteiger partial charge in [-0.25, -0.2) is 0 Å². The number of hydrogen-bond acceptors (Lipinski definition) is 5. The summed E-state index contributed by atoms with van der Waals surface area (Å²) in [6, 6.07) is 6.76. The predicted octanol–water partition coefficient (Wildman–Crippen LogP) is -2.12. The fourth-order valence-electron chi connectivity index (χ4n) is 0.850. The summed E-state index contributed by atoms with van der Waals surface area (Å²) in [4.78, 5) is 11.4. The summed E-state index contributed by atoms with van der Waals surface area (Å²) in [7, 11) is 0. The predicted molar refractivity (Wildman–Crippen MR) is 48.8 cm³/mol. The number of carbonyl (C=O) groups is 1. The summed E-state index contributed by atoms with van der Waals surface area (Å²) in [6.45, 7) is 1.43. The second-order valence-electron chi connectivity index (χ2n) is 2.42. The van der Waals surface area contributed by atoms with E-state index in [1.807, 2.05) is 0 Å². The van der Waals surface area contributed by atoms with Gasteiger partial charge >= 0.3 is 51.4 Å². The molecule has 0 fully saturated rings. The van der Waals surface area contributed by atoms with Crippen molar-refractivity contribution in [1.82, 2.24) is 0 Å². The quantitative estimate of drug-likeness (QED) is 0.287. The molecule has 7 heteroatoms. The molecule has 0 aromatic heterocycles. The molecule has 0 spiro atoms. The molecule has 1 amide bonds. The van der Waals surface area contributed by atoms with Crippen LogP contribution in [0, 0.1) is 0 Å². The molecule has 0 heterocycles. The Balaban J connectivity index is 0.00000196. The Labute approximate surface area is 134 Å². The van der Waals surface area contributed by atoms with Gasteiger partial charge in [0.05, 0.1) is 12.0 Å². The molecule has 0 saturated carbocycles. The zero-order chi connectivity index (χ0) is 10.4. The minimum absolute atomic E-state index is 0. The van der Waals surface area contributed by atoms with Crippen molar-refractivity contribution in [3.63, 3.8) is 0 Å². The van der Waals surface area contributed by atoms with Crippen molar-refractivity contribution in [1.29, 1.82) is 0 Å². The molecule has 1 N–H and O–H groups in total. The minimum atomic E-state index is -0.135. The maximum absolute atomic E-state index is 10.7. The van der Waals surface area contributed by atoms with Crippen molar-refractivity contribution in [2.45, 2.75) is 11.8 Å². The van der Waals surface area contributed by atoms with Gasteiger partial charge in [-0.1, -0.05) is 0 Å². The van der Waals surface area contributed by atoms with Crippen LogP contribution in [-0.2, 0) is 14.2 Å². The van der Waals surface area contributed by atoms with Gasteiger partial charge in [0.2, 0.25) is 5.91 Å². The van der Waals surface area contributed by atoms with Crippen LogP contribution in [0.3, 0.4) is 0 Å². The topological polar surface area (TPSA) is 70.6 Å². The van der Waals surface area contributed by atoms with E-state index in [0.29, 0.717) is 10.6 Å². The third-order valence-corrected chi connectivity index (χ3v) is 1.92. The molecular formula is C8H8KNO4S. The van der Waals surface area contributed by atoms with Crippen molar-refractivity contribution in [3.05, 3.63) is 24.3 Å². The van der Waals surface area contributed by atoms with Crippen LogP contribution in [0.15, 0.2) is 29.2 Å². The normalized spacial score (nSPS) is 9.20. The van der Waals surface area contributed by atoms with Gasteiger partial charge < -0.3 is 10.6 Å². The van der Waals surface area contributed by atoms with E-state index in [1.54, 1.807) is 24.3 Å². The summed E-state index contributed by atoms with van der Waals surface area (Å²) < 4.78 is 4.11. The van der Waals surface area contributed by atoms with E-state index >= 15 is 0 Å². The Kier molecular flexibility index (Phi) is 9.00. The molecule has 1 rings (SSSR count). The van der Waals surface area contributed by atoms with E-state index in [1.165, 1.54) is 6.92 Å². The summed E-state index contributed by atoms with van der Waals surface area (Å²) in [6.07, 6.45) is 0. The first-order valence-electron chi connectivity index (χ1n) is 3.73. The number of nitrogens with one attached hydrogen (secondary N) is 1. The van der Waals surface area contributed by atoms with Crippen molar-refractivity contribution in [3.8, 4) is 0 Å². The number of rotatable bonds is 4. The summed E-state index contributed by atoms with van der Waals surface area (Å²) >= 11 is 0.801.